The van der Waals surface area contributed by atoms with Gasteiger partial charge in [0.1, 0.15) is 18.3 Å². The van der Waals surface area contributed by atoms with Crippen LogP contribution in [0, 0.1) is 0 Å². The van der Waals surface area contributed by atoms with Crippen molar-refractivity contribution in [2.75, 3.05) is 31.3 Å². The van der Waals surface area contributed by atoms with E-state index >= 15 is 0 Å². The molecule has 0 spiro atoms. The molecule has 202 valence electrons. The number of nitrogens with zero attached hydrogens (tertiary/aromatic N) is 2. The van der Waals surface area contributed by atoms with Gasteiger partial charge < -0.3 is 15.0 Å². The fourth-order valence-electron chi connectivity index (χ4n) is 3.92. The second-order valence-electron chi connectivity index (χ2n) is 8.54. The smallest absolute Gasteiger partial charge is 0.244 e. The van der Waals surface area contributed by atoms with Crippen molar-refractivity contribution in [1.82, 2.24) is 10.2 Å². The van der Waals surface area contributed by atoms with E-state index < -0.39 is 34.4 Å². The maximum Gasteiger partial charge on any atom is 0.244 e. The first-order chi connectivity index (χ1) is 18.0. The summed E-state index contributed by atoms with van der Waals surface area (Å²) in [7, 11) is -0.879. The summed E-state index contributed by atoms with van der Waals surface area (Å²) in [6.45, 7) is -0.571. The highest BCUT2D eigenvalue weighted by Crippen LogP contribution is 2.26. The minimum Gasteiger partial charge on any atom is -0.497 e. The number of likely N-dealkylation sites (N-methyl/N-ethyl adjacent to an activating group) is 1. The summed E-state index contributed by atoms with van der Waals surface area (Å²) in [6.07, 6.45) is 1.23. The number of hydrogen-bond acceptors (Lipinski definition) is 5. The Balaban J connectivity index is 2.04. The van der Waals surface area contributed by atoms with Crippen LogP contribution < -0.4 is 14.4 Å². The fourth-order valence-corrected chi connectivity index (χ4v) is 5.23. The van der Waals surface area contributed by atoms with Crippen molar-refractivity contribution in [3.63, 3.8) is 0 Å². The van der Waals surface area contributed by atoms with E-state index in [1.54, 1.807) is 42.5 Å². The van der Waals surface area contributed by atoms with Crippen LogP contribution in [0.5, 0.6) is 5.75 Å². The standard InChI is InChI=1S/C27H29Cl2N3O5S/c1-30-27(34)25(15-19-7-5-4-6-8-19)31(17-20-9-10-21(28)16-24(20)29)26(33)18-32(38(3,35)36)22-11-13-23(37-2)14-12-22/h4-14,16,25H,15,17-18H2,1-3H3,(H,30,34)/t25-/m0/s1. The van der Waals surface area contributed by atoms with Crippen molar-refractivity contribution < 1.29 is 22.7 Å². The van der Waals surface area contributed by atoms with Crippen LogP contribution in [0.25, 0.3) is 0 Å². The van der Waals surface area contributed by atoms with E-state index in [0.717, 1.165) is 16.1 Å². The Bertz CT molecular complexity index is 1370. The van der Waals surface area contributed by atoms with Crippen LogP contribution in [0.1, 0.15) is 11.1 Å². The monoisotopic (exact) mass is 577 g/mol. The molecule has 2 amide bonds. The Labute approximate surface area is 233 Å². The summed E-state index contributed by atoms with van der Waals surface area (Å²) >= 11 is 12.5. The van der Waals surface area contributed by atoms with E-state index in [1.165, 1.54) is 19.1 Å². The van der Waals surface area contributed by atoms with Crippen LogP contribution in [0.15, 0.2) is 72.8 Å². The normalized spacial score (nSPS) is 11.9. The summed E-state index contributed by atoms with van der Waals surface area (Å²) in [5.41, 5.74) is 1.67. The van der Waals surface area contributed by atoms with Crippen molar-refractivity contribution in [2.45, 2.75) is 19.0 Å². The molecule has 0 aliphatic heterocycles. The van der Waals surface area contributed by atoms with Crippen molar-refractivity contribution in [3.8, 4) is 5.75 Å². The third kappa shape index (κ3) is 7.63. The molecule has 0 bridgehead atoms. The molecule has 0 aliphatic rings. The van der Waals surface area contributed by atoms with Gasteiger partial charge in [0, 0.05) is 30.1 Å². The lowest BCUT2D eigenvalue weighted by molar-refractivity contribution is -0.139. The van der Waals surface area contributed by atoms with Gasteiger partial charge in [0.25, 0.3) is 0 Å². The van der Waals surface area contributed by atoms with Gasteiger partial charge in [0.15, 0.2) is 0 Å². The lowest BCUT2D eigenvalue weighted by atomic mass is 10.0. The molecule has 0 aromatic heterocycles. The van der Waals surface area contributed by atoms with Gasteiger partial charge in [-0.05, 0) is 47.5 Å². The molecule has 0 unspecified atom stereocenters. The number of benzene rings is 3. The molecule has 8 nitrogen and oxygen atoms in total. The van der Waals surface area contributed by atoms with E-state index in [0.29, 0.717) is 21.4 Å². The van der Waals surface area contributed by atoms with Gasteiger partial charge in [-0.3, -0.25) is 13.9 Å². The predicted molar refractivity (Wildman–Crippen MR) is 150 cm³/mol. The molecule has 0 heterocycles. The number of methoxy groups -OCH3 is 1. The zero-order valence-electron chi connectivity index (χ0n) is 21.2. The lowest BCUT2D eigenvalue weighted by Crippen LogP contribution is -2.52. The number of amides is 2. The average Bonchev–Trinajstić information content (AvgIpc) is 2.89. The zero-order chi connectivity index (χ0) is 27.9. The minimum absolute atomic E-state index is 0.0417. The number of nitrogens with one attached hydrogen (secondary N) is 1. The second-order valence-corrected chi connectivity index (χ2v) is 11.3. The molecular weight excluding hydrogens is 549 g/mol. The Hall–Kier alpha value is -3.27. The Morgan fingerprint density at radius 1 is 1.00 bits per heavy atom. The molecule has 0 saturated carbocycles. The van der Waals surface area contributed by atoms with Gasteiger partial charge in [-0.15, -0.1) is 0 Å². The molecule has 3 aromatic carbocycles. The van der Waals surface area contributed by atoms with E-state index in [-0.39, 0.29) is 18.7 Å². The van der Waals surface area contributed by atoms with Gasteiger partial charge in [0.05, 0.1) is 19.1 Å². The SMILES string of the molecule is CNC(=O)[C@H](Cc1ccccc1)N(Cc1ccc(Cl)cc1Cl)C(=O)CN(c1ccc(OC)cc1)S(C)(=O)=O. The van der Waals surface area contributed by atoms with Crippen LogP contribution in [-0.4, -0.2) is 58.1 Å². The molecule has 38 heavy (non-hydrogen) atoms. The summed E-state index contributed by atoms with van der Waals surface area (Å²) in [5.74, 6) is -0.445. The number of carbonyl (C=O) groups is 2. The van der Waals surface area contributed by atoms with Crippen molar-refractivity contribution in [1.29, 1.82) is 0 Å². The number of ether oxygens (including phenoxy) is 1. The maximum atomic E-state index is 13.9. The summed E-state index contributed by atoms with van der Waals surface area (Å²) in [4.78, 5) is 28.3. The lowest BCUT2D eigenvalue weighted by Gasteiger charge is -2.33. The summed E-state index contributed by atoms with van der Waals surface area (Å²) in [5, 5.41) is 3.37. The van der Waals surface area contributed by atoms with Gasteiger partial charge in [-0.1, -0.05) is 59.6 Å². The molecule has 3 aromatic rings. The Morgan fingerprint density at radius 2 is 1.66 bits per heavy atom. The van der Waals surface area contributed by atoms with Crippen molar-refractivity contribution in [2.24, 2.45) is 0 Å². The number of anilines is 1. The molecule has 0 aliphatic carbocycles. The molecule has 1 atom stereocenters. The van der Waals surface area contributed by atoms with Crippen LogP contribution in [0.3, 0.4) is 0 Å². The third-order valence-electron chi connectivity index (χ3n) is 5.91. The fraction of sp³-hybridized carbons (Fsp3) is 0.259. The van der Waals surface area contributed by atoms with Crippen LogP contribution in [0.4, 0.5) is 5.69 Å². The highest BCUT2D eigenvalue weighted by atomic mass is 35.5. The molecule has 1 N–H and O–H groups in total. The number of sulfonamides is 1. The van der Waals surface area contributed by atoms with E-state index in [2.05, 4.69) is 5.32 Å². The molecule has 0 fully saturated rings. The van der Waals surface area contributed by atoms with Crippen molar-refractivity contribution >= 4 is 50.7 Å². The van der Waals surface area contributed by atoms with Gasteiger partial charge in [-0.25, -0.2) is 8.42 Å². The Kier molecular flexibility index (Phi) is 10.0. The number of halogens is 2. The van der Waals surface area contributed by atoms with Crippen LogP contribution >= 0.6 is 23.2 Å². The third-order valence-corrected chi connectivity index (χ3v) is 7.64. The Morgan fingerprint density at radius 3 is 2.21 bits per heavy atom. The minimum atomic E-state index is -3.86. The molecule has 0 radical (unpaired) electrons. The van der Waals surface area contributed by atoms with E-state index in [4.69, 9.17) is 27.9 Å². The van der Waals surface area contributed by atoms with Gasteiger partial charge in [0.2, 0.25) is 21.8 Å². The first kappa shape index (κ1) is 29.3. The maximum absolute atomic E-state index is 13.9. The van der Waals surface area contributed by atoms with Crippen LogP contribution in [-0.2, 0) is 32.6 Å². The van der Waals surface area contributed by atoms with Gasteiger partial charge >= 0.3 is 0 Å². The predicted octanol–water partition coefficient (Wildman–Crippen LogP) is 4.15. The number of hydrogen-bond donors (Lipinski definition) is 1. The molecule has 0 saturated heterocycles. The summed E-state index contributed by atoms with van der Waals surface area (Å²) < 4.78 is 31.7. The van der Waals surface area contributed by atoms with E-state index in [1.807, 2.05) is 30.3 Å². The highest BCUT2D eigenvalue weighted by Gasteiger charge is 2.33. The number of carbonyl (C=O) groups excluding carboxylic acids is 2. The van der Waals surface area contributed by atoms with E-state index in [9.17, 15) is 18.0 Å². The number of rotatable bonds is 11. The zero-order valence-corrected chi connectivity index (χ0v) is 23.6. The summed E-state index contributed by atoms with van der Waals surface area (Å²) in [6, 6.07) is 19.5. The van der Waals surface area contributed by atoms with Crippen LogP contribution in [0.2, 0.25) is 10.0 Å². The second kappa shape index (κ2) is 13.0. The van der Waals surface area contributed by atoms with Crippen molar-refractivity contribution in [3.05, 3.63) is 94.0 Å². The first-order valence-electron chi connectivity index (χ1n) is 11.6. The first-order valence-corrected chi connectivity index (χ1v) is 14.2. The molecule has 3 rings (SSSR count). The average molecular weight is 579 g/mol. The topological polar surface area (TPSA) is 96.0 Å². The largest absolute Gasteiger partial charge is 0.497 e. The molecule has 11 heteroatoms. The molecular formula is C27H29Cl2N3O5S. The quantitative estimate of drug-likeness (QED) is 0.369. The van der Waals surface area contributed by atoms with Gasteiger partial charge in [-0.2, -0.15) is 0 Å². The highest BCUT2D eigenvalue weighted by molar-refractivity contribution is 7.92.